The SMILES string of the molecule is C.C.C.C#CP.CC.CC.CC.CC.CC.CC#CP.F.F.F.F. The highest BCUT2D eigenvalue weighted by molar-refractivity contribution is 7.23. The fraction of sp³-hybridized carbons (Fsp3) is 0.778. The Bertz CT molecular complexity index is 112. The van der Waals surface area contributed by atoms with E-state index in [1.807, 2.05) is 69.2 Å². The molecule has 0 bridgehead atoms. The second-order valence-electron chi connectivity index (χ2n) is 0.561. The molecule has 0 aliphatic carbocycles. The summed E-state index contributed by atoms with van der Waals surface area (Å²) in [7, 11) is 4.40. The van der Waals surface area contributed by atoms with Gasteiger partial charge in [-0.15, -0.1) is 12.3 Å². The Morgan fingerprint density at radius 1 is 0.542 bits per heavy atom. The molecule has 0 amide bonds. The first-order chi connectivity index (χ1) is 8.33. The standard InChI is InChI=1S/C3H5P.C2H3P.5C2H6.3CH4.4FH/c1-2-3-4;1-2-3;5*1-2;;;;;;;/h4H2,1H3;1H,3H2;5*1-2H3;3*1H4;4*1H. The Kier molecular flexibility index (Phi) is 7930. The van der Waals surface area contributed by atoms with Crippen molar-refractivity contribution in [3.05, 3.63) is 0 Å². The van der Waals surface area contributed by atoms with Crippen molar-refractivity contribution >= 4 is 18.5 Å². The average molecular weight is 409 g/mol. The van der Waals surface area contributed by atoms with Crippen LogP contribution in [-0.2, 0) is 0 Å². The van der Waals surface area contributed by atoms with Gasteiger partial charge in [0.1, 0.15) is 0 Å². The summed E-state index contributed by atoms with van der Waals surface area (Å²) in [5, 5.41) is 0. The Morgan fingerprint density at radius 3 is 0.583 bits per heavy atom. The molecule has 0 aromatic rings. The van der Waals surface area contributed by atoms with E-state index in [0.717, 1.165) is 0 Å². The molecule has 0 saturated heterocycles. The van der Waals surface area contributed by atoms with E-state index in [9.17, 15) is 0 Å². The van der Waals surface area contributed by atoms with E-state index in [4.69, 9.17) is 0 Å². The molecular formula is C18H54F4P2. The van der Waals surface area contributed by atoms with E-state index < -0.39 is 0 Å². The minimum atomic E-state index is 0. The zero-order chi connectivity index (χ0) is 16.1. The van der Waals surface area contributed by atoms with Gasteiger partial charge >= 0.3 is 0 Å². The lowest BCUT2D eigenvalue weighted by atomic mass is 10.9. The van der Waals surface area contributed by atoms with Gasteiger partial charge in [-0.25, -0.2) is 0 Å². The second kappa shape index (κ2) is 1470. The molecule has 24 heavy (non-hydrogen) atoms. The quantitative estimate of drug-likeness (QED) is 0.213. The van der Waals surface area contributed by atoms with Crippen molar-refractivity contribution in [1.29, 1.82) is 0 Å². The summed E-state index contributed by atoms with van der Waals surface area (Å²) in [6.07, 6.45) is 4.56. The largest absolute Gasteiger partial charge is 0.269 e. The summed E-state index contributed by atoms with van der Waals surface area (Å²) in [6.45, 7) is 21.8. The summed E-state index contributed by atoms with van der Waals surface area (Å²) in [6, 6.07) is 0. The summed E-state index contributed by atoms with van der Waals surface area (Å²) >= 11 is 0. The Morgan fingerprint density at radius 2 is 0.583 bits per heavy atom. The van der Waals surface area contributed by atoms with Crippen LogP contribution in [0.2, 0.25) is 0 Å². The third kappa shape index (κ3) is 19000. The highest BCUT2D eigenvalue weighted by atomic mass is 31.0. The van der Waals surface area contributed by atoms with Crippen LogP contribution in [0.5, 0.6) is 0 Å². The van der Waals surface area contributed by atoms with E-state index in [2.05, 4.69) is 42.1 Å². The van der Waals surface area contributed by atoms with E-state index in [1.54, 1.807) is 6.92 Å². The van der Waals surface area contributed by atoms with Gasteiger partial charge in [0, 0.05) is 0 Å². The fourth-order valence-electron chi connectivity index (χ4n) is 0. The van der Waals surface area contributed by atoms with Gasteiger partial charge in [0.05, 0.1) is 0 Å². The lowest BCUT2D eigenvalue weighted by molar-refractivity contribution is 1.11. The van der Waals surface area contributed by atoms with Crippen LogP contribution in [0, 0.1) is 23.7 Å². The Balaban J connectivity index is -0.00000000394. The van der Waals surface area contributed by atoms with Gasteiger partial charge in [-0.05, 0) is 6.92 Å². The van der Waals surface area contributed by atoms with Crippen molar-refractivity contribution in [3.8, 4) is 23.7 Å². The number of hydrogen-bond acceptors (Lipinski definition) is 0. The van der Waals surface area contributed by atoms with Crippen LogP contribution in [0.25, 0.3) is 0 Å². The number of halogens is 4. The molecule has 2 unspecified atom stereocenters. The van der Waals surface area contributed by atoms with Crippen LogP contribution in [0.3, 0.4) is 0 Å². The van der Waals surface area contributed by atoms with E-state index in [0.29, 0.717) is 0 Å². The van der Waals surface area contributed by atoms with Crippen molar-refractivity contribution in [2.45, 2.75) is 98.4 Å². The zero-order valence-electron chi connectivity index (χ0n) is 15.9. The monoisotopic (exact) mass is 408 g/mol. The first kappa shape index (κ1) is 130. The third-order valence-corrected chi connectivity index (χ3v) is 0.433. The maximum absolute atomic E-state index is 4.56. The molecule has 0 aromatic carbocycles. The van der Waals surface area contributed by atoms with Crippen LogP contribution in [0.1, 0.15) is 98.4 Å². The summed E-state index contributed by atoms with van der Waals surface area (Å²) in [5.41, 5.74) is 4.76. The summed E-state index contributed by atoms with van der Waals surface area (Å²) < 4.78 is 0. The van der Waals surface area contributed by atoms with Crippen LogP contribution >= 0.6 is 18.5 Å². The molecule has 0 rings (SSSR count). The van der Waals surface area contributed by atoms with Crippen LogP contribution in [0.4, 0.5) is 18.8 Å². The molecule has 0 aromatic heterocycles. The minimum Gasteiger partial charge on any atom is -0.269 e. The molecule has 0 heterocycles. The van der Waals surface area contributed by atoms with Gasteiger partial charge in [0.15, 0.2) is 0 Å². The first-order valence-corrected chi connectivity index (χ1v) is 7.77. The average Bonchev–Trinajstić information content (AvgIpc) is 2.50. The van der Waals surface area contributed by atoms with Gasteiger partial charge in [-0.3, -0.25) is 18.8 Å². The topological polar surface area (TPSA) is 0 Å². The lowest BCUT2D eigenvalue weighted by Crippen LogP contribution is -1.20. The molecule has 0 nitrogen and oxygen atoms in total. The maximum Gasteiger partial charge on any atom is -0.00238 e. The summed E-state index contributed by atoms with van der Waals surface area (Å²) in [5.74, 6) is 2.64. The highest BCUT2D eigenvalue weighted by Crippen LogP contribution is 1.64. The summed E-state index contributed by atoms with van der Waals surface area (Å²) in [4.78, 5) is 0. The van der Waals surface area contributed by atoms with E-state index in [-0.39, 0.29) is 41.1 Å². The molecule has 2 atom stereocenters. The zero-order valence-corrected chi connectivity index (χ0v) is 18.2. The predicted molar refractivity (Wildman–Crippen MR) is 129 cm³/mol. The molecule has 0 fully saturated rings. The molecule has 6 heteroatoms. The molecule has 0 spiro atoms. The molecule has 0 aliphatic heterocycles. The molecule has 0 N–H and O–H groups in total. The molecule has 0 saturated carbocycles. The predicted octanol–water partition coefficient (Wildman–Crippen LogP) is 8.94. The number of hydrogen-bond donors (Lipinski definition) is 0. The van der Waals surface area contributed by atoms with Crippen molar-refractivity contribution in [3.63, 3.8) is 0 Å². The van der Waals surface area contributed by atoms with Crippen LogP contribution in [0.15, 0.2) is 0 Å². The highest BCUT2D eigenvalue weighted by Gasteiger charge is 1.26. The van der Waals surface area contributed by atoms with Gasteiger partial charge in [0.25, 0.3) is 0 Å². The van der Waals surface area contributed by atoms with Crippen molar-refractivity contribution < 1.29 is 18.8 Å². The molecule has 0 aliphatic rings. The van der Waals surface area contributed by atoms with Gasteiger partial charge < -0.3 is 0 Å². The molecular weight excluding hydrogens is 354 g/mol. The van der Waals surface area contributed by atoms with Crippen molar-refractivity contribution in [2.24, 2.45) is 0 Å². The van der Waals surface area contributed by atoms with Crippen molar-refractivity contribution in [1.82, 2.24) is 0 Å². The number of rotatable bonds is 0. The number of terminal acetylenes is 1. The van der Waals surface area contributed by atoms with Crippen LogP contribution in [-0.4, -0.2) is 0 Å². The molecule has 0 radical (unpaired) electrons. The first-order valence-electron chi connectivity index (χ1n) is 6.62. The van der Waals surface area contributed by atoms with Crippen LogP contribution < -0.4 is 0 Å². The molecule has 164 valence electrons. The fourth-order valence-corrected chi connectivity index (χ4v) is 0. The minimum absolute atomic E-state index is 0. The van der Waals surface area contributed by atoms with Crippen molar-refractivity contribution in [2.75, 3.05) is 0 Å². The smallest absolute Gasteiger partial charge is 0.00238 e. The maximum atomic E-state index is 4.56. The van der Waals surface area contributed by atoms with E-state index >= 15 is 0 Å². The third-order valence-electron chi connectivity index (χ3n) is 0.144. The van der Waals surface area contributed by atoms with Gasteiger partial charge in [-0.1, -0.05) is 121 Å². The van der Waals surface area contributed by atoms with Gasteiger partial charge in [0.2, 0.25) is 0 Å². The van der Waals surface area contributed by atoms with E-state index in [1.165, 1.54) is 0 Å². The Labute approximate surface area is 160 Å². The Hall–Kier alpha value is -0.300. The normalized spacial score (nSPS) is 2.17. The lowest BCUT2D eigenvalue weighted by Gasteiger charge is -1.40. The second-order valence-corrected chi connectivity index (χ2v) is 1.18. The van der Waals surface area contributed by atoms with Gasteiger partial charge in [-0.2, -0.15) is 0 Å².